The molecule has 2 aromatic carbocycles. The summed E-state index contributed by atoms with van der Waals surface area (Å²) in [5.41, 5.74) is 2.27. The monoisotopic (exact) mass is 344 g/mol. The van der Waals surface area contributed by atoms with Gasteiger partial charge < -0.3 is 0 Å². The van der Waals surface area contributed by atoms with Crippen molar-refractivity contribution in [1.29, 1.82) is 0 Å². The first kappa shape index (κ1) is 14.6. The van der Waals surface area contributed by atoms with Crippen LogP contribution in [0.4, 0.5) is 0 Å². The van der Waals surface area contributed by atoms with Crippen molar-refractivity contribution in [2.45, 2.75) is 36.9 Å². The van der Waals surface area contributed by atoms with Gasteiger partial charge in [0.05, 0.1) is 0 Å². The van der Waals surface area contributed by atoms with E-state index in [1.54, 1.807) is 0 Å². The molecule has 1 aliphatic rings. The molecule has 0 aromatic heterocycles. The van der Waals surface area contributed by atoms with E-state index >= 15 is 0 Å². The van der Waals surface area contributed by atoms with Crippen LogP contribution in [0.3, 0.4) is 0 Å². The molecule has 1 unspecified atom stereocenters. The molecular formula is C19H20OSe. The number of carbonyl (C=O) groups excluding carboxylic acids is 1. The van der Waals surface area contributed by atoms with E-state index in [1.807, 2.05) is 0 Å². The molecule has 0 amide bonds. The Labute approximate surface area is 132 Å². The van der Waals surface area contributed by atoms with Gasteiger partial charge in [0.15, 0.2) is 0 Å². The maximum atomic E-state index is 12.6. The third-order valence-electron chi connectivity index (χ3n) is 4.37. The van der Waals surface area contributed by atoms with Crippen LogP contribution >= 0.6 is 0 Å². The fourth-order valence-corrected chi connectivity index (χ4v) is 5.66. The molecule has 0 saturated heterocycles. The molecule has 1 aliphatic carbocycles. The zero-order chi connectivity index (χ0) is 14.7. The molecule has 1 atom stereocenters. The van der Waals surface area contributed by atoms with Crippen molar-refractivity contribution < 1.29 is 4.79 Å². The van der Waals surface area contributed by atoms with Crippen LogP contribution < -0.4 is 4.46 Å². The second kappa shape index (κ2) is 6.17. The van der Waals surface area contributed by atoms with Gasteiger partial charge >= 0.3 is 133 Å². The molecule has 0 aliphatic heterocycles. The number of rotatable bonds is 4. The van der Waals surface area contributed by atoms with E-state index in [2.05, 4.69) is 61.5 Å². The fraction of sp³-hybridized carbons (Fsp3) is 0.316. The Morgan fingerprint density at radius 1 is 1.05 bits per heavy atom. The molecule has 1 fully saturated rings. The van der Waals surface area contributed by atoms with Gasteiger partial charge in [-0.1, -0.05) is 0 Å². The van der Waals surface area contributed by atoms with E-state index in [-0.39, 0.29) is 5.41 Å². The number of aryl methyl sites for hydroxylation is 1. The molecule has 1 saturated carbocycles. The van der Waals surface area contributed by atoms with Gasteiger partial charge in [-0.25, -0.2) is 0 Å². The molecule has 3 rings (SSSR count). The van der Waals surface area contributed by atoms with Crippen LogP contribution in [-0.4, -0.2) is 20.7 Å². The number of carbonyl (C=O) groups is 1. The Morgan fingerprint density at radius 3 is 2.38 bits per heavy atom. The van der Waals surface area contributed by atoms with Gasteiger partial charge in [0, 0.05) is 0 Å². The van der Waals surface area contributed by atoms with Crippen LogP contribution in [-0.2, 0) is 10.2 Å². The summed E-state index contributed by atoms with van der Waals surface area (Å²) in [7, 11) is 0. The molecular weight excluding hydrogens is 323 g/mol. The normalized spacial score (nSPS) is 21.7. The van der Waals surface area contributed by atoms with Crippen LogP contribution in [0.25, 0.3) is 0 Å². The van der Waals surface area contributed by atoms with Crippen molar-refractivity contribution in [3.05, 3.63) is 65.7 Å². The third kappa shape index (κ3) is 2.97. The minimum atomic E-state index is -0.219. The van der Waals surface area contributed by atoms with Gasteiger partial charge in [-0.05, 0) is 0 Å². The fourth-order valence-electron chi connectivity index (χ4n) is 3.07. The molecule has 1 nitrogen and oxygen atoms in total. The van der Waals surface area contributed by atoms with Gasteiger partial charge in [-0.3, -0.25) is 0 Å². The molecule has 21 heavy (non-hydrogen) atoms. The van der Waals surface area contributed by atoms with Crippen LogP contribution in [0.15, 0.2) is 54.6 Å². The topological polar surface area (TPSA) is 17.1 Å². The zero-order valence-electron chi connectivity index (χ0n) is 12.3. The van der Waals surface area contributed by atoms with E-state index in [4.69, 9.17) is 0 Å². The van der Waals surface area contributed by atoms with Gasteiger partial charge in [0.1, 0.15) is 0 Å². The number of ketones is 1. The second-order valence-corrected chi connectivity index (χ2v) is 8.03. The van der Waals surface area contributed by atoms with Crippen molar-refractivity contribution in [2.75, 3.05) is 0 Å². The maximum absolute atomic E-state index is 12.6. The summed E-state index contributed by atoms with van der Waals surface area (Å²) in [5.74, 6) is 0.448. The minimum absolute atomic E-state index is 0.219. The average molecular weight is 343 g/mol. The summed E-state index contributed by atoms with van der Waals surface area (Å²) in [4.78, 5) is 12.6. The number of benzene rings is 2. The molecule has 0 radical (unpaired) electrons. The van der Waals surface area contributed by atoms with Crippen LogP contribution in [0.2, 0.25) is 5.32 Å². The average Bonchev–Trinajstić information content (AvgIpc) is 2.89. The molecule has 0 spiro atoms. The predicted octanol–water partition coefficient (Wildman–Crippen LogP) is 3.43. The Bertz CT molecular complexity index is 618. The van der Waals surface area contributed by atoms with Gasteiger partial charge in [0.25, 0.3) is 0 Å². The van der Waals surface area contributed by atoms with E-state index in [1.165, 1.54) is 15.6 Å². The number of Topliss-reactive ketones (excluding diaryl/α,β-unsaturated/α-hetero) is 1. The molecule has 0 N–H and O–H groups in total. The first-order valence-corrected chi connectivity index (χ1v) is 9.56. The van der Waals surface area contributed by atoms with Crippen LogP contribution in [0.1, 0.15) is 30.4 Å². The van der Waals surface area contributed by atoms with E-state index in [0.29, 0.717) is 20.7 Å². The van der Waals surface area contributed by atoms with E-state index in [0.717, 1.165) is 24.6 Å². The summed E-state index contributed by atoms with van der Waals surface area (Å²) in [6.45, 7) is 2.10. The summed E-state index contributed by atoms with van der Waals surface area (Å²) >= 11 is 0.353. The second-order valence-electron chi connectivity index (χ2n) is 5.83. The third-order valence-corrected chi connectivity index (χ3v) is 6.98. The van der Waals surface area contributed by atoms with Crippen LogP contribution in [0.5, 0.6) is 0 Å². The summed E-state index contributed by atoms with van der Waals surface area (Å²) in [5, 5.41) is 0.992. The van der Waals surface area contributed by atoms with Crippen molar-refractivity contribution in [2.24, 2.45) is 0 Å². The predicted molar refractivity (Wildman–Crippen MR) is 88.4 cm³/mol. The summed E-state index contributed by atoms with van der Waals surface area (Å²) in [6.07, 6.45) is 2.81. The molecule has 2 heteroatoms. The number of hydrogen-bond acceptors (Lipinski definition) is 1. The van der Waals surface area contributed by atoms with E-state index < -0.39 is 0 Å². The van der Waals surface area contributed by atoms with Crippen molar-refractivity contribution >= 4 is 25.2 Å². The standard InChI is InChI=1S/C19H20OSe/c1-15-9-11-16(12-10-15)19(13-5-8-18(19)20)14-21-17-6-3-2-4-7-17/h2-4,6-7,9-12H,5,8,13-14H2,1H3. The first-order valence-electron chi connectivity index (χ1n) is 7.49. The SMILES string of the molecule is Cc1ccc(C2(C[Se]c3ccccc3)CCCC2=O)cc1. The van der Waals surface area contributed by atoms with E-state index in [9.17, 15) is 4.79 Å². The molecule has 2 aromatic rings. The Hall–Kier alpha value is -1.37. The summed E-state index contributed by atoms with van der Waals surface area (Å²) in [6, 6.07) is 19.2. The zero-order valence-corrected chi connectivity index (χ0v) is 14.1. The van der Waals surface area contributed by atoms with Crippen LogP contribution in [0, 0.1) is 6.92 Å². The Balaban J connectivity index is 1.87. The van der Waals surface area contributed by atoms with Gasteiger partial charge in [0.2, 0.25) is 0 Å². The first-order chi connectivity index (χ1) is 10.2. The Morgan fingerprint density at radius 2 is 1.76 bits per heavy atom. The molecule has 108 valence electrons. The summed E-state index contributed by atoms with van der Waals surface area (Å²) < 4.78 is 1.39. The number of hydrogen-bond donors (Lipinski definition) is 0. The van der Waals surface area contributed by atoms with Crippen molar-refractivity contribution in [3.8, 4) is 0 Å². The van der Waals surface area contributed by atoms with Crippen molar-refractivity contribution in [1.82, 2.24) is 0 Å². The van der Waals surface area contributed by atoms with Crippen molar-refractivity contribution in [3.63, 3.8) is 0 Å². The van der Waals surface area contributed by atoms with Gasteiger partial charge in [-0.15, -0.1) is 0 Å². The van der Waals surface area contributed by atoms with Gasteiger partial charge in [-0.2, -0.15) is 0 Å². The quantitative estimate of drug-likeness (QED) is 0.778. The molecule has 0 heterocycles. The molecule has 0 bridgehead atoms. The Kier molecular flexibility index (Phi) is 4.28.